The number of carbonyl (C=O) groups is 3. The highest BCUT2D eigenvalue weighted by Gasteiger charge is 2.57. The van der Waals surface area contributed by atoms with Gasteiger partial charge in [-0.05, 0) is 93.1 Å². The third-order valence-electron chi connectivity index (χ3n) is 12.2. The molecule has 2 aromatic rings. The van der Waals surface area contributed by atoms with Crippen LogP contribution in [0.15, 0.2) is 36.4 Å². The van der Waals surface area contributed by atoms with Gasteiger partial charge in [-0.15, -0.1) is 0 Å². The number of nitrogens with one attached hydrogen (secondary N) is 3. The Morgan fingerprint density at radius 2 is 1.83 bits per heavy atom. The first-order chi connectivity index (χ1) is 25.4. The number of benzene rings is 2. The summed E-state index contributed by atoms with van der Waals surface area (Å²) in [7, 11) is 5.52. The predicted molar refractivity (Wildman–Crippen MR) is 210 cm³/mol. The maximum absolute atomic E-state index is 14.3. The molecule has 5 N–H and O–H groups in total. The van der Waals surface area contributed by atoms with E-state index in [1.54, 1.807) is 37.3 Å². The number of aliphatic hydroxyl groups is 2. The molecule has 3 saturated carbocycles. The van der Waals surface area contributed by atoms with Gasteiger partial charge in [0.05, 0.1) is 26.4 Å². The van der Waals surface area contributed by atoms with Crippen LogP contribution in [0.4, 0.5) is 5.69 Å². The van der Waals surface area contributed by atoms with Gasteiger partial charge in [-0.3, -0.25) is 19.2 Å². The van der Waals surface area contributed by atoms with E-state index in [0.717, 1.165) is 12.8 Å². The first-order valence-electron chi connectivity index (χ1n) is 19.5. The second-order valence-corrected chi connectivity index (χ2v) is 17.3. The summed E-state index contributed by atoms with van der Waals surface area (Å²) >= 11 is 0. The van der Waals surface area contributed by atoms with E-state index in [1.165, 1.54) is 13.3 Å². The van der Waals surface area contributed by atoms with E-state index in [4.69, 9.17) is 9.57 Å². The summed E-state index contributed by atoms with van der Waals surface area (Å²) in [5.41, 5.74) is 3.14. The number of fused-ring (bicyclic) bond motifs is 2. The number of amides is 3. The van der Waals surface area contributed by atoms with Crippen molar-refractivity contribution in [1.29, 1.82) is 0 Å². The number of hydrogen-bond acceptors (Lipinski definition) is 9. The molecule has 6 rings (SSSR count). The Hall–Kier alpha value is -3.55. The van der Waals surface area contributed by atoms with Crippen molar-refractivity contribution in [2.45, 2.75) is 105 Å². The fraction of sp³-hybridized carbons (Fsp3) is 0.643. The molecule has 1 saturated heterocycles. The molecule has 2 bridgehead atoms. The van der Waals surface area contributed by atoms with Gasteiger partial charge >= 0.3 is 0 Å². The quantitative estimate of drug-likeness (QED) is 0.175. The van der Waals surface area contributed by atoms with E-state index < -0.39 is 24.2 Å². The normalized spacial score (nSPS) is 27.3. The van der Waals surface area contributed by atoms with Gasteiger partial charge in [-0.1, -0.05) is 52.8 Å². The summed E-state index contributed by atoms with van der Waals surface area (Å²) in [5.74, 6) is 0.870. The number of hydroxylamine groups is 2. The van der Waals surface area contributed by atoms with Crippen LogP contribution >= 0.6 is 0 Å². The van der Waals surface area contributed by atoms with E-state index >= 15 is 0 Å². The standard InChI is InChI=1S/C42H63N5O7/c1-23(2)14-32(21-46(8)9)44-40(51)29-15-28(16-31(17-29)43-26(5)50)33-13-11-12-27(39(33)53-10)20-47-38(37(25(4)49)36(22-48)54-47)41(52)45-35-19-30-18-34(24(35)3)42(30,6)7/h11-13,15-17,23-25,30,32,34-38,48-49H,14,18-22H2,1-10H3,(H,43,50)(H,44,51)(H,45,52)/t24-,25-,30+,32-,34-,35-,36-,37+,38-/m0/s1. The number of rotatable bonds is 15. The lowest BCUT2D eigenvalue weighted by molar-refractivity contribution is -0.183. The minimum Gasteiger partial charge on any atom is -0.496 e. The van der Waals surface area contributed by atoms with Crippen molar-refractivity contribution >= 4 is 23.4 Å². The highest BCUT2D eigenvalue weighted by molar-refractivity contribution is 5.99. The second-order valence-electron chi connectivity index (χ2n) is 17.3. The highest BCUT2D eigenvalue weighted by atomic mass is 16.7. The molecular weight excluding hydrogens is 686 g/mol. The van der Waals surface area contributed by atoms with Gasteiger partial charge in [-0.25, -0.2) is 0 Å². The van der Waals surface area contributed by atoms with Crippen LogP contribution in [0.25, 0.3) is 11.1 Å². The molecule has 0 radical (unpaired) electrons. The molecule has 4 fully saturated rings. The van der Waals surface area contributed by atoms with Gasteiger partial charge in [0.25, 0.3) is 5.91 Å². The fourth-order valence-corrected chi connectivity index (χ4v) is 9.48. The summed E-state index contributed by atoms with van der Waals surface area (Å²) in [6.07, 6.45) is 1.20. The van der Waals surface area contributed by atoms with E-state index in [1.807, 2.05) is 37.2 Å². The highest BCUT2D eigenvalue weighted by Crippen LogP contribution is 2.61. The Morgan fingerprint density at radius 1 is 1.11 bits per heavy atom. The largest absolute Gasteiger partial charge is 0.496 e. The zero-order valence-corrected chi connectivity index (χ0v) is 33.8. The molecule has 1 heterocycles. The number of hydrogen-bond donors (Lipinski definition) is 5. The number of ether oxygens (including phenoxy) is 1. The van der Waals surface area contributed by atoms with Crippen LogP contribution in [0.3, 0.4) is 0 Å². The molecule has 1 aliphatic heterocycles. The number of para-hydroxylation sites is 1. The third kappa shape index (κ3) is 8.94. The van der Waals surface area contributed by atoms with Crippen LogP contribution in [-0.4, -0.2) is 103 Å². The number of anilines is 1. The van der Waals surface area contributed by atoms with Crippen molar-refractivity contribution in [3.63, 3.8) is 0 Å². The van der Waals surface area contributed by atoms with Crippen molar-refractivity contribution in [1.82, 2.24) is 20.6 Å². The van der Waals surface area contributed by atoms with Gasteiger partial charge in [-0.2, -0.15) is 5.06 Å². The summed E-state index contributed by atoms with van der Waals surface area (Å²) in [5, 5.41) is 32.2. The molecule has 54 heavy (non-hydrogen) atoms. The molecule has 0 aromatic heterocycles. The zero-order valence-electron chi connectivity index (χ0n) is 33.8. The van der Waals surface area contributed by atoms with Gasteiger partial charge < -0.3 is 35.8 Å². The lowest BCUT2D eigenvalue weighted by atomic mass is 9.45. The number of likely N-dealkylation sites (N-methyl/N-ethyl adjacent to an activating group) is 1. The first-order valence-corrected chi connectivity index (χ1v) is 19.5. The zero-order chi connectivity index (χ0) is 39.6. The van der Waals surface area contributed by atoms with Gasteiger partial charge in [0.2, 0.25) is 11.8 Å². The van der Waals surface area contributed by atoms with Crippen molar-refractivity contribution in [3.8, 4) is 16.9 Å². The average Bonchev–Trinajstić information content (AvgIpc) is 3.46. The van der Waals surface area contributed by atoms with E-state index in [0.29, 0.717) is 63.9 Å². The number of methoxy groups -OCH3 is 1. The number of nitrogens with zero attached hydrogens (tertiary/aromatic N) is 2. The van der Waals surface area contributed by atoms with Gasteiger partial charge in [0, 0.05) is 53.8 Å². The first kappa shape index (κ1) is 41.6. The van der Waals surface area contributed by atoms with Gasteiger partial charge in [0.15, 0.2) is 0 Å². The Balaban J connectivity index is 1.46. The average molecular weight is 750 g/mol. The predicted octanol–water partition coefficient (Wildman–Crippen LogP) is 4.69. The van der Waals surface area contributed by atoms with Crippen LogP contribution in [-0.2, 0) is 21.0 Å². The lowest BCUT2D eigenvalue weighted by Crippen LogP contribution is -2.62. The van der Waals surface area contributed by atoms with Crippen molar-refractivity contribution in [2.75, 3.05) is 39.7 Å². The van der Waals surface area contributed by atoms with Crippen LogP contribution in [0.2, 0.25) is 0 Å². The molecule has 0 spiro atoms. The van der Waals surface area contributed by atoms with Crippen LogP contribution in [0, 0.1) is 35.0 Å². The molecule has 0 unspecified atom stereocenters. The van der Waals surface area contributed by atoms with E-state index in [-0.39, 0.29) is 48.4 Å². The summed E-state index contributed by atoms with van der Waals surface area (Å²) in [6.45, 7) is 14.6. The maximum atomic E-state index is 14.3. The Morgan fingerprint density at radius 3 is 2.41 bits per heavy atom. The molecule has 9 atom stereocenters. The van der Waals surface area contributed by atoms with Crippen LogP contribution < -0.4 is 20.7 Å². The molecule has 2 aromatic carbocycles. The number of aliphatic hydroxyl groups excluding tert-OH is 2. The topological polar surface area (TPSA) is 153 Å². The minimum atomic E-state index is -0.925. The summed E-state index contributed by atoms with van der Waals surface area (Å²) < 4.78 is 6.03. The molecule has 3 aliphatic carbocycles. The second kappa shape index (κ2) is 17.1. The molecule has 12 heteroatoms. The lowest BCUT2D eigenvalue weighted by Gasteiger charge is -2.62. The third-order valence-corrected chi connectivity index (χ3v) is 12.2. The van der Waals surface area contributed by atoms with Crippen LogP contribution in [0.1, 0.15) is 83.7 Å². The van der Waals surface area contributed by atoms with Crippen molar-refractivity contribution in [3.05, 3.63) is 47.5 Å². The molecule has 298 valence electrons. The Kier molecular flexibility index (Phi) is 13.2. The SMILES string of the molecule is COc1c(CN2O[C@@H](CO)[C@@H]([C@H](C)O)[C@H]2C(=O)N[C@H]2C[C@H]3C[C@@H]([C@@H]2C)C3(C)C)cccc1-c1cc(NC(C)=O)cc(C(=O)N[C@@H](CC(C)C)CN(C)C)c1. The van der Waals surface area contributed by atoms with E-state index in [9.17, 15) is 24.6 Å². The Bertz CT molecular complexity index is 1650. The van der Waals surface area contributed by atoms with Crippen molar-refractivity contribution in [2.24, 2.45) is 35.0 Å². The monoisotopic (exact) mass is 749 g/mol. The van der Waals surface area contributed by atoms with Gasteiger partial charge in [0.1, 0.15) is 17.9 Å². The fourth-order valence-electron chi connectivity index (χ4n) is 9.48. The summed E-state index contributed by atoms with van der Waals surface area (Å²) in [4.78, 5) is 48.5. The summed E-state index contributed by atoms with van der Waals surface area (Å²) in [6, 6.07) is 9.96. The smallest absolute Gasteiger partial charge is 0.251 e. The minimum absolute atomic E-state index is 0.0163. The van der Waals surface area contributed by atoms with E-state index in [2.05, 4.69) is 50.6 Å². The number of carbonyl (C=O) groups excluding carboxylic acids is 3. The molecule has 4 aliphatic rings. The Labute approximate surface area is 321 Å². The molecular formula is C42H63N5O7. The molecule has 3 amide bonds. The maximum Gasteiger partial charge on any atom is 0.251 e. The molecule has 12 nitrogen and oxygen atoms in total. The van der Waals surface area contributed by atoms with Crippen molar-refractivity contribution < 1.29 is 34.2 Å². The van der Waals surface area contributed by atoms with Crippen LogP contribution in [0.5, 0.6) is 5.75 Å².